The first-order valence-corrected chi connectivity index (χ1v) is 9.91. The highest BCUT2D eigenvalue weighted by Gasteiger charge is 2.15. The van der Waals surface area contributed by atoms with E-state index in [0.29, 0.717) is 27.9 Å². The summed E-state index contributed by atoms with van der Waals surface area (Å²) in [6.07, 6.45) is 5.06. The van der Waals surface area contributed by atoms with Gasteiger partial charge in [0.05, 0.1) is 23.1 Å². The van der Waals surface area contributed by atoms with Crippen LogP contribution in [0.15, 0.2) is 67.1 Å². The lowest BCUT2D eigenvalue weighted by atomic mass is 9.98. The van der Waals surface area contributed by atoms with E-state index in [2.05, 4.69) is 30.5 Å². The van der Waals surface area contributed by atoms with Gasteiger partial charge in [0, 0.05) is 33.9 Å². The summed E-state index contributed by atoms with van der Waals surface area (Å²) in [4.78, 5) is 13.5. The van der Waals surface area contributed by atoms with E-state index in [0.717, 1.165) is 27.7 Å². The number of anilines is 2. The molecule has 0 unspecified atom stereocenters. The average molecular weight is 431 g/mol. The van der Waals surface area contributed by atoms with Crippen molar-refractivity contribution in [1.82, 2.24) is 25.1 Å². The molecular weight excluding hydrogens is 415 g/mol. The van der Waals surface area contributed by atoms with Gasteiger partial charge >= 0.3 is 0 Å². The molecule has 0 bridgehead atoms. The summed E-state index contributed by atoms with van der Waals surface area (Å²) in [5.74, 6) is 0.922. The Labute approximate surface area is 182 Å². The van der Waals surface area contributed by atoms with Gasteiger partial charge in [0.15, 0.2) is 0 Å². The monoisotopic (exact) mass is 430 g/mol. The second-order valence-electron chi connectivity index (χ2n) is 6.99. The minimum Gasteiger partial charge on any atom is -0.337 e. The summed E-state index contributed by atoms with van der Waals surface area (Å²) in [6, 6.07) is 14.0. The largest absolute Gasteiger partial charge is 0.337 e. The van der Waals surface area contributed by atoms with Gasteiger partial charge in [0.1, 0.15) is 17.5 Å². The molecule has 5 rings (SSSR count). The number of rotatable bonds is 4. The van der Waals surface area contributed by atoms with E-state index >= 15 is 0 Å². The van der Waals surface area contributed by atoms with Gasteiger partial charge in [0.2, 0.25) is 0 Å². The molecule has 6 nitrogen and oxygen atoms in total. The van der Waals surface area contributed by atoms with Crippen LogP contribution in [-0.4, -0.2) is 25.1 Å². The molecule has 31 heavy (non-hydrogen) atoms. The Kier molecular flexibility index (Phi) is 4.80. The van der Waals surface area contributed by atoms with Crippen molar-refractivity contribution >= 4 is 34.0 Å². The Morgan fingerprint density at radius 3 is 2.77 bits per heavy atom. The van der Waals surface area contributed by atoms with E-state index in [-0.39, 0.29) is 5.82 Å². The number of aromatic amines is 1. The van der Waals surface area contributed by atoms with E-state index in [9.17, 15) is 4.39 Å². The van der Waals surface area contributed by atoms with E-state index < -0.39 is 0 Å². The lowest BCUT2D eigenvalue weighted by Crippen LogP contribution is -1.99. The topological polar surface area (TPSA) is 79.4 Å². The second-order valence-corrected chi connectivity index (χ2v) is 7.42. The third-order valence-electron chi connectivity index (χ3n) is 4.87. The lowest BCUT2D eigenvalue weighted by molar-refractivity contribution is 0.631. The smallest absolute Gasteiger partial charge is 0.142 e. The van der Waals surface area contributed by atoms with Gasteiger partial charge in [-0.25, -0.2) is 14.4 Å². The number of hydrogen-bond acceptors (Lipinski definition) is 5. The van der Waals surface area contributed by atoms with Crippen molar-refractivity contribution < 1.29 is 4.39 Å². The Bertz CT molecular complexity index is 1400. The molecule has 0 saturated heterocycles. The SMILES string of the molecule is Cc1nc(Nc2cn[nH]c2)c2cc(-c3cccnc3-c3cc(Cl)ccc3F)ccc2n1. The third-order valence-corrected chi connectivity index (χ3v) is 5.11. The van der Waals surface area contributed by atoms with E-state index in [4.69, 9.17) is 11.6 Å². The van der Waals surface area contributed by atoms with Crippen LogP contribution in [0.4, 0.5) is 15.9 Å². The first kappa shape index (κ1) is 19.1. The van der Waals surface area contributed by atoms with Gasteiger partial charge < -0.3 is 5.32 Å². The number of pyridine rings is 1. The number of aryl methyl sites for hydroxylation is 1. The minimum absolute atomic E-state index is 0.347. The zero-order valence-electron chi connectivity index (χ0n) is 16.4. The van der Waals surface area contributed by atoms with Crippen LogP contribution in [0.1, 0.15) is 5.82 Å². The molecule has 3 heterocycles. The predicted molar refractivity (Wildman–Crippen MR) is 120 cm³/mol. The molecule has 5 aromatic rings. The summed E-state index contributed by atoms with van der Waals surface area (Å²) in [7, 11) is 0. The summed E-state index contributed by atoms with van der Waals surface area (Å²) < 4.78 is 14.6. The number of nitrogens with one attached hydrogen (secondary N) is 2. The van der Waals surface area contributed by atoms with Crippen LogP contribution in [0.25, 0.3) is 33.3 Å². The Balaban J connectivity index is 1.68. The summed E-state index contributed by atoms with van der Waals surface area (Å²) in [5, 5.41) is 11.3. The van der Waals surface area contributed by atoms with Crippen LogP contribution in [0, 0.1) is 12.7 Å². The average Bonchev–Trinajstić information content (AvgIpc) is 3.28. The third kappa shape index (κ3) is 3.71. The van der Waals surface area contributed by atoms with Crippen LogP contribution in [0.5, 0.6) is 0 Å². The molecule has 0 aliphatic carbocycles. The van der Waals surface area contributed by atoms with Gasteiger partial charge in [-0.15, -0.1) is 0 Å². The molecule has 152 valence electrons. The fraction of sp³-hybridized carbons (Fsp3) is 0.0435. The van der Waals surface area contributed by atoms with Crippen molar-refractivity contribution in [2.75, 3.05) is 5.32 Å². The standard InChI is InChI=1S/C23H16ClFN6/c1-13-29-21-7-4-14(9-19(21)23(30-13)31-16-11-27-28-12-16)17-3-2-8-26-22(17)18-10-15(24)5-6-20(18)25/h2-12H,1H3,(H,27,28)(H,29,30,31). The van der Waals surface area contributed by atoms with Crippen LogP contribution in [0.2, 0.25) is 5.02 Å². The van der Waals surface area contributed by atoms with Crippen molar-refractivity contribution in [1.29, 1.82) is 0 Å². The normalized spacial score (nSPS) is 11.1. The molecule has 0 atom stereocenters. The molecule has 0 amide bonds. The number of fused-ring (bicyclic) bond motifs is 1. The molecule has 2 aromatic carbocycles. The first-order valence-electron chi connectivity index (χ1n) is 9.53. The van der Waals surface area contributed by atoms with Crippen molar-refractivity contribution in [2.24, 2.45) is 0 Å². The van der Waals surface area contributed by atoms with Gasteiger partial charge in [-0.05, 0) is 48.9 Å². The second kappa shape index (κ2) is 7.77. The summed E-state index contributed by atoms with van der Waals surface area (Å²) >= 11 is 6.12. The van der Waals surface area contributed by atoms with Gasteiger partial charge in [0.25, 0.3) is 0 Å². The molecule has 0 saturated carbocycles. The summed E-state index contributed by atoms with van der Waals surface area (Å²) in [5.41, 5.74) is 4.08. The number of hydrogen-bond donors (Lipinski definition) is 2. The highest BCUT2D eigenvalue weighted by molar-refractivity contribution is 6.30. The van der Waals surface area contributed by atoms with Crippen molar-refractivity contribution in [2.45, 2.75) is 6.92 Å². The summed E-state index contributed by atoms with van der Waals surface area (Å²) in [6.45, 7) is 1.84. The molecule has 0 spiro atoms. The Morgan fingerprint density at radius 1 is 1.03 bits per heavy atom. The van der Waals surface area contributed by atoms with Gasteiger partial charge in [-0.2, -0.15) is 5.10 Å². The van der Waals surface area contributed by atoms with Crippen LogP contribution in [-0.2, 0) is 0 Å². The number of aromatic nitrogens is 5. The Morgan fingerprint density at radius 2 is 1.94 bits per heavy atom. The maximum Gasteiger partial charge on any atom is 0.142 e. The van der Waals surface area contributed by atoms with Crippen molar-refractivity contribution in [3.05, 3.63) is 83.8 Å². The fourth-order valence-corrected chi connectivity index (χ4v) is 3.67. The van der Waals surface area contributed by atoms with Crippen LogP contribution < -0.4 is 5.32 Å². The zero-order chi connectivity index (χ0) is 21.4. The fourth-order valence-electron chi connectivity index (χ4n) is 3.50. The number of nitrogens with zero attached hydrogens (tertiary/aromatic N) is 4. The highest BCUT2D eigenvalue weighted by Crippen LogP contribution is 2.35. The molecule has 0 radical (unpaired) electrons. The van der Waals surface area contributed by atoms with Gasteiger partial charge in [-0.1, -0.05) is 23.7 Å². The van der Waals surface area contributed by atoms with Gasteiger partial charge in [-0.3, -0.25) is 10.1 Å². The molecule has 3 aromatic heterocycles. The maximum absolute atomic E-state index is 14.6. The molecule has 8 heteroatoms. The van der Waals surface area contributed by atoms with E-state index in [1.54, 1.807) is 24.7 Å². The molecule has 0 aliphatic rings. The van der Waals surface area contributed by atoms with Crippen molar-refractivity contribution in [3.8, 4) is 22.4 Å². The molecule has 0 aliphatic heterocycles. The predicted octanol–water partition coefficient (Wildman–Crippen LogP) is 5.93. The molecular formula is C23H16ClFN6. The molecule has 2 N–H and O–H groups in total. The number of H-pyrrole nitrogens is 1. The minimum atomic E-state index is -0.383. The molecule has 0 fully saturated rings. The van der Waals surface area contributed by atoms with Crippen LogP contribution in [0.3, 0.4) is 0 Å². The lowest BCUT2D eigenvalue weighted by Gasteiger charge is -2.13. The first-order chi connectivity index (χ1) is 15.1. The highest BCUT2D eigenvalue weighted by atomic mass is 35.5. The number of benzene rings is 2. The zero-order valence-corrected chi connectivity index (χ0v) is 17.2. The van der Waals surface area contributed by atoms with E-state index in [1.807, 2.05) is 37.3 Å². The van der Waals surface area contributed by atoms with Crippen LogP contribution >= 0.6 is 11.6 Å². The van der Waals surface area contributed by atoms with Crippen molar-refractivity contribution in [3.63, 3.8) is 0 Å². The number of halogens is 2. The quantitative estimate of drug-likeness (QED) is 0.369. The van der Waals surface area contributed by atoms with E-state index in [1.165, 1.54) is 12.1 Å². The maximum atomic E-state index is 14.6. The Hall–Kier alpha value is -3.84.